The molecule has 0 amide bonds. The van der Waals surface area contributed by atoms with E-state index in [1.807, 2.05) is 11.0 Å². The summed E-state index contributed by atoms with van der Waals surface area (Å²) in [6.45, 7) is 8.75. The Morgan fingerprint density at radius 1 is 1.19 bits per heavy atom. The van der Waals surface area contributed by atoms with Gasteiger partial charge in [0.05, 0.1) is 5.52 Å². The molecule has 2 rings (SSSR count). The average Bonchev–Trinajstić information content (AvgIpc) is 2.45. The van der Waals surface area contributed by atoms with Gasteiger partial charge in [-0.05, 0) is 35.3 Å². The van der Waals surface area contributed by atoms with Crippen LogP contribution >= 0.6 is 0 Å². The van der Waals surface area contributed by atoms with Crippen LogP contribution in [-0.2, 0) is 11.1 Å². The van der Waals surface area contributed by atoms with E-state index in [-0.39, 0.29) is 23.8 Å². The predicted octanol–water partition coefficient (Wildman–Crippen LogP) is -0.345. The van der Waals surface area contributed by atoms with Gasteiger partial charge >= 0.3 is 18.9 Å². The third kappa shape index (κ3) is 4.05. The summed E-state index contributed by atoms with van der Waals surface area (Å²) < 4.78 is 22.3. The van der Waals surface area contributed by atoms with Crippen LogP contribution in [0.1, 0.15) is 0 Å². The van der Waals surface area contributed by atoms with Gasteiger partial charge in [0.15, 0.2) is 0 Å². The van der Waals surface area contributed by atoms with E-state index in [1.54, 1.807) is 36.4 Å². The molecule has 0 aliphatic carbocycles. The van der Waals surface area contributed by atoms with Gasteiger partial charge in [0.1, 0.15) is 5.82 Å². The summed E-state index contributed by atoms with van der Waals surface area (Å²) in [6.07, 6.45) is 3.58. The number of fused-ring (bicyclic) bond motifs is 1. The van der Waals surface area contributed by atoms with Gasteiger partial charge in [0.25, 0.3) is 0 Å². The summed E-state index contributed by atoms with van der Waals surface area (Å²) in [5, 5.41) is 0.627. The molecule has 0 N–H and O–H groups in total. The largest absolute Gasteiger partial charge is 1.00 e. The van der Waals surface area contributed by atoms with Crippen molar-refractivity contribution in [2.45, 2.75) is 4.90 Å². The molecule has 104 valence electrons. The summed E-state index contributed by atoms with van der Waals surface area (Å²) >= 11 is -2.26. The van der Waals surface area contributed by atoms with Gasteiger partial charge in [-0.15, -0.1) is 13.2 Å². The molecule has 1 heterocycles. The van der Waals surface area contributed by atoms with Gasteiger partial charge in [-0.1, -0.05) is 18.2 Å². The van der Waals surface area contributed by atoms with E-state index in [2.05, 4.69) is 18.1 Å². The van der Waals surface area contributed by atoms with Crippen molar-refractivity contribution in [1.82, 2.24) is 4.98 Å². The summed E-state index contributed by atoms with van der Waals surface area (Å²) in [7, 11) is 0. The Bertz CT molecular complexity index is 666. The van der Waals surface area contributed by atoms with Crippen LogP contribution in [0.15, 0.2) is 60.5 Å². The first kappa shape index (κ1) is 17.7. The van der Waals surface area contributed by atoms with Crippen LogP contribution in [0.5, 0.6) is 0 Å². The first-order chi connectivity index (χ1) is 9.67. The van der Waals surface area contributed by atoms with Crippen LogP contribution in [0.4, 0.5) is 5.82 Å². The van der Waals surface area contributed by atoms with Crippen LogP contribution in [-0.4, -0.2) is 26.8 Å². The third-order valence-electron chi connectivity index (χ3n) is 2.88. The maximum Gasteiger partial charge on any atom is 1.00 e. The molecule has 0 radical (unpaired) electrons. The van der Waals surface area contributed by atoms with E-state index in [0.717, 1.165) is 5.82 Å². The van der Waals surface area contributed by atoms with Crippen LogP contribution in [0.25, 0.3) is 10.9 Å². The molecule has 0 bridgehead atoms. The summed E-state index contributed by atoms with van der Waals surface area (Å²) in [5.41, 5.74) is 0.655. The minimum absolute atomic E-state index is 0. The Labute approximate surface area is 139 Å². The topological polar surface area (TPSA) is 56.3 Å². The van der Waals surface area contributed by atoms with E-state index >= 15 is 0 Å². The van der Waals surface area contributed by atoms with Gasteiger partial charge in [0.2, 0.25) is 0 Å². The average molecular weight is 294 g/mol. The van der Waals surface area contributed by atoms with Gasteiger partial charge in [0, 0.05) is 23.4 Å². The number of pyridine rings is 1. The molecule has 0 aliphatic heterocycles. The zero-order valence-corrected chi connectivity index (χ0v) is 12.8. The van der Waals surface area contributed by atoms with Gasteiger partial charge in [-0.3, -0.25) is 4.21 Å². The quantitative estimate of drug-likeness (QED) is 0.415. The summed E-state index contributed by atoms with van der Waals surface area (Å²) in [5.74, 6) is 0.770. The molecule has 4 nitrogen and oxygen atoms in total. The fraction of sp³-hybridized carbons (Fsp3) is 0.133. The molecule has 1 aromatic heterocycles. The van der Waals surface area contributed by atoms with Gasteiger partial charge < -0.3 is 9.45 Å². The molecule has 6 heteroatoms. The molecule has 1 atom stereocenters. The maximum absolute atomic E-state index is 11.2. The molecule has 0 saturated heterocycles. The molecule has 0 fully saturated rings. The van der Waals surface area contributed by atoms with E-state index < -0.39 is 11.1 Å². The molecule has 1 unspecified atom stereocenters. The van der Waals surface area contributed by atoms with Crippen molar-refractivity contribution in [2.24, 2.45) is 0 Å². The molecule has 0 spiro atoms. The second-order valence-electron chi connectivity index (χ2n) is 4.21. The Balaban J connectivity index is 0.00000220. The molecule has 1 aromatic carbocycles. The van der Waals surface area contributed by atoms with Crippen molar-refractivity contribution < 1.29 is 27.6 Å². The van der Waals surface area contributed by atoms with Gasteiger partial charge in [-0.25, -0.2) is 4.98 Å². The minimum atomic E-state index is -2.26. The maximum atomic E-state index is 11.2. The van der Waals surface area contributed by atoms with E-state index in [4.69, 9.17) is 0 Å². The molecule has 0 saturated carbocycles. The second-order valence-corrected chi connectivity index (χ2v) is 5.12. The number of anilines is 1. The zero-order chi connectivity index (χ0) is 14.5. The number of rotatable bonds is 6. The first-order valence-electron chi connectivity index (χ1n) is 6.13. The second kappa shape index (κ2) is 8.16. The Kier molecular flexibility index (Phi) is 6.86. The Hall–Kier alpha value is -1.38. The number of benzene rings is 1. The van der Waals surface area contributed by atoms with Crippen molar-refractivity contribution in [3.63, 3.8) is 0 Å². The first-order valence-corrected chi connectivity index (χ1v) is 7.20. The SMILES string of the molecule is C=CCN(CC=C)c1ccc2c(S(=O)[O-])cccc2n1.[Li+]. The van der Waals surface area contributed by atoms with Crippen molar-refractivity contribution in [2.75, 3.05) is 18.0 Å². The fourth-order valence-corrected chi connectivity index (χ4v) is 2.55. The van der Waals surface area contributed by atoms with Crippen LogP contribution in [0.3, 0.4) is 0 Å². The number of aromatic nitrogens is 1. The minimum Gasteiger partial charge on any atom is -0.768 e. The predicted molar refractivity (Wildman–Crippen MR) is 81.5 cm³/mol. The number of hydrogen-bond donors (Lipinski definition) is 0. The Morgan fingerprint density at radius 3 is 2.43 bits per heavy atom. The van der Waals surface area contributed by atoms with Crippen molar-refractivity contribution >= 4 is 27.8 Å². The van der Waals surface area contributed by atoms with Gasteiger partial charge in [-0.2, -0.15) is 0 Å². The van der Waals surface area contributed by atoms with Crippen molar-refractivity contribution in [1.29, 1.82) is 0 Å². The molecular weight excluding hydrogens is 279 g/mol. The molecular formula is C15H15LiN2O2S. The van der Waals surface area contributed by atoms with Crippen molar-refractivity contribution in [3.8, 4) is 0 Å². The van der Waals surface area contributed by atoms with Crippen LogP contribution in [0.2, 0.25) is 0 Å². The van der Waals surface area contributed by atoms with E-state index in [1.165, 1.54) is 0 Å². The van der Waals surface area contributed by atoms with Crippen LogP contribution in [0, 0.1) is 0 Å². The summed E-state index contributed by atoms with van der Waals surface area (Å²) in [4.78, 5) is 6.78. The molecule has 2 aromatic rings. The Morgan fingerprint density at radius 2 is 1.86 bits per heavy atom. The number of hydrogen-bond acceptors (Lipinski definition) is 4. The number of nitrogens with zero attached hydrogens (tertiary/aromatic N) is 2. The van der Waals surface area contributed by atoms with Crippen molar-refractivity contribution in [3.05, 3.63) is 55.6 Å². The standard InChI is InChI=1S/C15H16N2O2S.Li/c1-3-10-17(11-4-2)15-9-8-12-13(16-15)6-5-7-14(12)20(18)19;/h3-9H,1-2,10-11H2,(H,18,19);/q;+1/p-1. The fourth-order valence-electron chi connectivity index (χ4n) is 2.01. The van der Waals surface area contributed by atoms with E-state index in [0.29, 0.717) is 24.0 Å². The molecule has 0 aliphatic rings. The summed E-state index contributed by atoms with van der Waals surface area (Å²) in [6, 6.07) is 8.65. The van der Waals surface area contributed by atoms with Crippen LogP contribution < -0.4 is 23.8 Å². The third-order valence-corrected chi connectivity index (χ3v) is 3.59. The normalized spacial score (nSPS) is 11.5. The smallest absolute Gasteiger partial charge is 0.768 e. The zero-order valence-electron chi connectivity index (χ0n) is 12.0. The molecule has 21 heavy (non-hydrogen) atoms. The van der Waals surface area contributed by atoms with E-state index in [9.17, 15) is 8.76 Å². The monoisotopic (exact) mass is 294 g/mol.